The maximum absolute atomic E-state index is 12.5. The van der Waals surface area contributed by atoms with Gasteiger partial charge in [0.2, 0.25) is 11.8 Å². The van der Waals surface area contributed by atoms with Crippen molar-refractivity contribution in [2.75, 3.05) is 26.2 Å². The fraction of sp³-hybridized carbons (Fsp3) is 0.867. The zero-order chi connectivity index (χ0) is 15.3. The second-order valence-electron chi connectivity index (χ2n) is 6.70. The van der Waals surface area contributed by atoms with Crippen LogP contribution in [0.1, 0.15) is 40.5 Å². The molecule has 0 spiro atoms. The lowest BCUT2D eigenvalue weighted by Crippen LogP contribution is -2.46. The molecule has 20 heavy (non-hydrogen) atoms. The van der Waals surface area contributed by atoms with Gasteiger partial charge in [0.25, 0.3) is 0 Å². The van der Waals surface area contributed by atoms with Gasteiger partial charge >= 0.3 is 0 Å². The van der Waals surface area contributed by atoms with Gasteiger partial charge in [0.05, 0.1) is 13.1 Å². The number of carbonyl (C=O) groups is 2. The minimum Gasteiger partial charge on any atom is -0.369 e. The normalized spacial score (nSPS) is 15.2. The molecule has 0 unspecified atom stereocenters. The second kappa shape index (κ2) is 7.62. The maximum Gasteiger partial charge on any atom is 0.237 e. The van der Waals surface area contributed by atoms with Gasteiger partial charge in [0, 0.05) is 19.1 Å². The quantitative estimate of drug-likeness (QED) is 0.688. The summed E-state index contributed by atoms with van der Waals surface area (Å²) < 4.78 is 0. The Hall–Kier alpha value is -1.10. The van der Waals surface area contributed by atoms with E-state index in [1.807, 2.05) is 9.80 Å². The molecule has 0 heterocycles. The average molecular weight is 283 g/mol. The molecule has 0 saturated heterocycles. The molecule has 0 aromatic heterocycles. The predicted octanol–water partition coefficient (Wildman–Crippen LogP) is 1.08. The molecule has 5 nitrogen and oxygen atoms in total. The summed E-state index contributed by atoms with van der Waals surface area (Å²) in [5, 5.41) is 0. The molecular weight excluding hydrogens is 254 g/mol. The Bertz CT molecular complexity index is 338. The van der Waals surface area contributed by atoms with Crippen LogP contribution < -0.4 is 5.73 Å². The maximum atomic E-state index is 12.5. The van der Waals surface area contributed by atoms with Gasteiger partial charge in [0.1, 0.15) is 0 Å². The molecule has 2 amide bonds. The lowest BCUT2D eigenvalue weighted by molar-refractivity contribution is -0.134. The van der Waals surface area contributed by atoms with Crippen molar-refractivity contribution in [3.8, 4) is 0 Å². The molecule has 1 aliphatic carbocycles. The van der Waals surface area contributed by atoms with Gasteiger partial charge in [-0.15, -0.1) is 0 Å². The fourth-order valence-electron chi connectivity index (χ4n) is 2.44. The molecule has 0 aliphatic heterocycles. The number of hydrogen-bond donors (Lipinski definition) is 1. The number of rotatable bonds is 9. The molecule has 1 rings (SSSR count). The van der Waals surface area contributed by atoms with Crippen LogP contribution in [0.5, 0.6) is 0 Å². The number of nitrogens with two attached hydrogens (primary N) is 1. The van der Waals surface area contributed by atoms with Crippen LogP contribution in [0.3, 0.4) is 0 Å². The van der Waals surface area contributed by atoms with Crippen LogP contribution in [0.25, 0.3) is 0 Å². The van der Waals surface area contributed by atoms with Crippen LogP contribution in [-0.4, -0.2) is 53.8 Å². The summed E-state index contributed by atoms with van der Waals surface area (Å²) in [6.07, 6.45) is 2.22. The highest BCUT2D eigenvalue weighted by Gasteiger charge is 2.33. The van der Waals surface area contributed by atoms with Gasteiger partial charge in [-0.1, -0.05) is 27.7 Å². The Morgan fingerprint density at radius 3 is 2.00 bits per heavy atom. The predicted molar refractivity (Wildman–Crippen MR) is 80.0 cm³/mol. The van der Waals surface area contributed by atoms with Gasteiger partial charge in [-0.05, 0) is 24.7 Å². The first kappa shape index (κ1) is 17.0. The lowest BCUT2D eigenvalue weighted by Gasteiger charge is -2.29. The van der Waals surface area contributed by atoms with Crippen molar-refractivity contribution in [2.45, 2.75) is 46.6 Å². The van der Waals surface area contributed by atoms with E-state index in [0.717, 1.165) is 25.9 Å². The molecule has 0 aromatic carbocycles. The Morgan fingerprint density at radius 2 is 1.60 bits per heavy atom. The third-order valence-electron chi connectivity index (χ3n) is 3.23. The van der Waals surface area contributed by atoms with Crippen molar-refractivity contribution in [3.63, 3.8) is 0 Å². The summed E-state index contributed by atoms with van der Waals surface area (Å²) in [5.41, 5.74) is 5.27. The smallest absolute Gasteiger partial charge is 0.237 e. The number of hydrogen-bond acceptors (Lipinski definition) is 3. The summed E-state index contributed by atoms with van der Waals surface area (Å²) >= 11 is 0. The molecule has 0 atom stereocenters. The molecule has 0 bridgehead atoms. The number of amides is 2. The molecule has 1 aliphatic rings. The molecule has 1 fully saturated rings. The Morgan fingerprint density at radius 1 is 1.05 bits per heavy atom. The van der Waals surface area contributed by atoms with Crippen molar-refractivity contribution < 1.29 is 9.59 Å². The highest BCUT2D eigenvalue weighted by atomic mass is 16.2. The Balaban J connectivity index is 2.59. The number of carbonyl (C=O) groups excluding carboxylic acids is 2. The van der Waals surface area contributed by atoms with Gasteiger partial charge in [-0.25, -0.2) is 0 Å². The van der Waals surface area contributed by atoms with E-state index in [9.17, 15) is 9.59 Å². The first-order valence-electron chi connectivity index (χ1n) is 7.59. The van der Waals surface area contributed by atoms with E-state index in [-0.39, 0.29) is 18.4 Å². The van der Waals surface area contributed by atoms with E-state index in [1.54, 1.807) is 0 Å². The zero-order valence-electron chi connectivity index (χ0n) is 13.3. The van der Waals surface area contributed by atoms with E-state index < -0.39 is 0 Å². The lowest BCUT2D eigenvalue weighted by atomic mass is 10.2. The van der Waals surface area contributed by atoms with Crippen molar-refractivity contribution in [1.82, 2.24) is 9.80 Å². The van der Waals surface area contributed by atoms with Crippen molar-refractivity contribution in [2.24, 2.45) is 17.6 Å². The molecule has 0 aromatic rings. The van der Waals surface area contributed by atoms with Crippen LogP contribution in [0.2, 0.25) is 0 Å². The number of primary amides is 1. The first-order valence-corrected chi connectivity index (χ1v) is 7.59. The monoisotopic (exact) mass is 283 g/mol. The summed E-state index contributed by atoms with van der Waals surface area (Å²) in [6.45, 7) is 10.4. The van der Waals surface area contributed by atoms with Gasteiger partial charge < -0.3 is 10.6 Å². The molecule has 2 N–H and O–H groups in total. The Kier molecular flexibility index (Phi) is 6.46. The van der Waals surface area contributed by atoms with Crippen LogP contribution >= 0.6 is 0 Å². The summed E-state index contributed by atoms with van der Waals surface area (Å²) in [4.78, 5) is 27.4. The minimum absolute atomic E-state index is 0.128. The third-order valence-corrected chi connectivity index (χ3v) is 3.23. The van der Waals surface area contributed by atoms with E-state index in [1.165, 1.54) is 0 Å². The highest BCUT2D eigenvalue weighted by molar-refractivity contribution is 5.81. The average Bonchev–Trinajstić information content (AvgIpc) is 3.06. The van der Waals surface area contributed by atoms with Crippen LogP contribution in [0, 0.1) is 11.8 Å². The van der Waals surface area contributed by atoms with Crippen molar-refractivity contribution >= 4 is 11.8 Å². The van der Waals surface area contributed by atoms with Crippen LogP contribution in [-0.2, 0) is 9.59 Å². The number of nitrogens with zero attached hydrogens (tertiary/aromatic N) is 2. The molecular formula is C15H29N3O2. The van der Waals surface area contributed by atoms with Gasteiger partial charge in [-0.3, -0.25) is 14.5 Å². The highest BCUT2D eigenvalue weighted by Crippen LogP contribution is 2.27. The standard InChI is InChI=1S/C15H29N3O2/c1-11(2)7-17(9-14(16)19)10-15(20)18(8-12(3)4)13-5-6-13/h11-13H,5-10H2,1-4H3,(H2,16,19). The SMILES string of the molecule is CC(C)CN(CC(N)=O)CC(=O)N(CC(C)C)C1CC1. The third kappa shape index (κ3) is 6.37. The topological polar surface area (TPSA) is 66.6 Å². The van der Waals surface area contributed by atoms with Crippen LogP contribution in [0.15, 0.2) is 0 Å². The molecule has 1 saturated carbocycles. The van der Waals surface area contributed by atoms with E-state index in [0.29, 0.717) is 24.4 Å². The largest absolute Gasteiger partial charge is 0.369 e. The minimum atomic E-state index is -0.375. The molecule has 116 valence electrons. The van der Waals surface area contributed by atoms with E-state index in [4.69, 9.17) is 5.73 Å². The van der Waals surface area contributed by atoms with Gasteiger partial charge in [-0.2, -0.15) is 0 Å². The van der Waals surface area contributed by atoms with Gasteiger partial charge in [0.15, 0.2) is 0 Å². The Labute approximate surface area is 122 Å². The van der Waals surface area contributed by atoms with Crippen molar-refractivity contribution in [1.29, 1.82) is 0 Å². The van der Waals surface area contributed by atoms with E-state index in [2.05, 4.69) is 27.7 Å². The van der Waals surface area contributed by atoms with Crippen LogP contribution in [0.4, 0.5) is 0 Å². The first-order chi connectivity index (χ1) is 9.29. The van der Waals surface area contributed by atoms with Crippen molar-refractivity contribution in [3.05, 3.63) is 0 Å². The summed E-state index contributed by atoms with van der Waals surface area (Å²) in [5.74, 6) is 0.624. The summed E-state index contributed by atoms with van der Waals surface area (Å²) in [7, 11) is 0. The fourth-order valence-corrected chi connectivity index (χ4v) is 2.44. The summed E-state index contributed by atoms with van der Waals surface area (Å²) in [6, 6.07) is 0.416. The van der Waals surface area contributed by atoms with E-state index >= 15 is 0 Å². The molecule has 5 heteroatoms. The second-order valence-corrected chi connectivity index (χ2v) is 6.70. The zero-order valence-corrected chi connectivity index (χ0v) is 13.3. The molecule has 0 radical (unpaired) electrons.